The van der Waals surface area contributed by atoms with Gasteiger partial charge in [0.15, 0.2) is 0 Å². The molecule has 0 aromatic heterocycles. The molecule has 1 amide bonds. The van der Waals surface area contributed by atoms with Crippen molar-refractivity contribution in [3.8, 4) is 0 Å². The molecule has 3 rings (SSSR count). The van der Waals surface area contributed by atoms with Crippen molar-refractivity contribution in [2.75, 3.05) is 4.72 Å². The molecule has 7 heteroatoms. The first-order chi connectivity index (χ1) is 13.8. The van der Waals surface area contributed by atoms with Gasteiger partial charge < -0.3 is 5.32 Å². The zero-order valence-electron chi connectivity index (χ0n) is 16.0. The number of amides is 1. The smallest absolute Gasteiger partial charge is 0.261 e. The fourth-order valence-corrected chi connectivity index (χ4v) is 4.35. The van der Waals surface area contributed by atoms with Crippen LogP contribution in [-0.2, 0) is 10.0 Å². The van der Waals surface area contributed by atoms with Crippen molar-refractivity contribution >= 4 is 33.2 Å². The topological polar surface area (TPSA) is 75.3 Å². The van der Waals surface area contributed by atoms with E-state index < -0.39 is 10.0 Å². The van der Waals surface area contributed by atoms with Crippen LogP contribution in [0.4, 0.5) is 5.69 Å². The number of halogens is 1. The van der Waals surface area contributed by atoms with Crippen LogP contribution in [0.2, 0.25) is 5.02 Å². The zero-order chi connectivity index (χ0) is 21.0. The average molecular weight is 429 g/mol. The van der Waals surface area contributed by atoms with Crippen molar-refractivity contribution in [1.29, 1.82) is 0 Å². The van der Waals surface area contributed by atoms with Crippen molar-refractivity contribution < 1.29 is 13.2 Å². The van der Waals surface area contributed by atoms with Gasteiger partial charge in [0.25, 0.3) is 15.9 Å². The fraction of sp³-hybridized carbons (Fsp3) is 0.136. The van der Waals surface area contributed by atoms with Gasteiger partial charge in [-0.1, -0.05) is 54.1 Å². The predicted molar refractivity (Wildman–Crippen MR) is 116 cm³/mol. The molecule has 0 heterocycles. The van der Waals surface area contributed by atoms with E-state index in [0.717, 1.165) is 11.1 Å². The second-order valence-corrected chi connectivity index (χ2v) is 8.75. The fourth-order valence-electron chi connectivity index (χ4n) is 2.98. The van der Waals surface area contributed by atoms with Crippen molar-refractivity contribution in [1.82, 2.24) is 5.32 Å². The molecule has 1 unspecified atom stereocenters. The molecule has 2 N–H and O–H groups in total. The average Bonchev–Trinajstić information content (AvgIpc) is 2.70. The van der Waals surface area contributed by atoms with Gasteiger partial charge in [-0.05, 0) is 55.3 Å². The van der Waals surface area contributed by atoms with Crippen LogP contribution in [0.3, 0.4) is 0 Å². The number of benzene rings is 3. The first-order valence-corrected chi connectivity index (χ1v) is 10.9. The lowest BCUT2D eigenvalue weighted by atomic mass is 10.0. The quantitative estimate of drug-likeness (QED) is 0.583. The number of carbonyl (C=O) groups excluding carboxylic acids is 1. The second kappa shape index (κ2) is 8.68. The normalized spacial score (nSPS) is 12.2. The van der Waals surface area contributed by atoms with Crippen LogP contribution in [0.25, 0.3) is 0 Å². The molecule has 1 atom stereocenters. The summed E-state index contributed by atoms with van der Waals surface area (Å²) in [7, 11) is -3.89. The van der Waals surface area contributed by atoms with E-state index in [0.29, 0.717) is 0 Å². The maximum atomic E-state index is 12.7. The summed E-state index contributed by atoms with van der Waals surface area (Å²) in [5, 5.41) is 3.20. The minimum Gasteiger partial charge on any atom is -0.346 e. The van der Waals surface area contributed by atoms with Gasteiger partial charge in [-0.25, -0.2) is 8.42 Å². The number of nitrogens with one attached hydrogen (secondary N) is 2. The summed E-state index contributed by atoms with van der Waals surface area (Å²) in [5.41, 5.74) is 2.61. The Balaban J connectivity index is 1.81. The number of hydrogen-bond acceptors (Lipinski definition) is 3. The van der Waals surface area contributed by atoms with Crippen LogP contribution in [-0.4, -0.2) is 14.3 Å². The standard InChI is InChI=1S/C22H21ClN2O3S/c1-15-8-3-4-11-19(15)16(2)24-22(26)17-9-7-10-18(14-17)29(27,28)25-21-13-6-5-12-20(21)23/h3-14,16,25H,1-2H3,(H,24,26). The van der Waals surface area contributed by atoms with Gasteiger partial charge in [-0.3, -0.25) is 9.52 Å². The third-order valence-corrected chi connectivity index (χ3v) is 6.22. The Kier molecular flexibility index (Phi) is 6.25. The molecule has 0 fully saturated rings. The highest BCUT2D eigenvalue weighted by molar-refractivity contribution is 7.92. The minimum atomic E-state index is -3.89. The van der Waals surface area contributed by atoms with Crippen LogP contribution < -0.4 is 10.0 Å². The highest BCUT2D eigenvalue weighted by atomic mass is 35.5. The summed E-state index contributed by atoms with van der Waals surface area (Å²) in [6, 6.07) is 20.0. The Hall–Kier alpha value is -2.83. The molecule has 0 bridgehead atoms. The van der Waals surface area contributed by atoms with Gasteiger partial charge in [0.1, 0.15) is 0 Å². The van der Waals surface area contributed by atoms with E-state index >= 15 is 0 Å². The van der Waals surface area contributed by atoms with E-state index in [2.05, 4.69) is 10.0 Å². The lowest BCUT2D eigenvalue weighted by Crippen LogP contribution is -2.27. The van der Waals surface area contributed by atoms with Crippen molar-refractivity contribution in [2.24, 2.45) is 0 Å². The van der Waals surface area contributed by atoms with Crippen molar-refractivity contribution in [2.45, 2.75) is 24.8 Å². The molecule has 3 aromatic carbocycles. The number of aryl methyl sites for hydroxylation is 1. The molecule has 5 nitrogen and oxygen atoms in total. The number of sulfonamides is 1. The zero-order valence-corrected chi connectivity index (χ0v) is 17.6. The lowest BCUT2D eigenvalue weighted by molar-refractivity contribution is 0.0939. The lowest BCUT2D eigenvalue weighted by Gasteiger charge is -2.17. The van der Waals surface area contributed by atoms with Gasteiger partial charge in [-0.2, -0.15) is 0 Å². The van der Waals surface area contributed by atoms with Crippen molar-refractivity contribution in [3.63, 3.8) is 0 Å². The Morgan fingerprint density at radius 3 is 2.38 bits per heavy atom. The number of anilines is 1. The Morgan fingerprint density at radius 1 is 0.966 bits per heavy atom. The number of para-hydroxylation sites is 1. The van der Waals surface area contributed by atoms with Crippen LogP contribution in [0.15, 0.2) is 77.7 Å². The Bertz CT molecular complexity index is 1150. The largest absolute Gasteiger partial charge is 0.346 e. The van der Waals surface area contributed by atoms with Crippen molar-refractivity contribution in [3.05, 3.63) is 94.5 Å². The van der Waals surface area contributed by atoms with E-state index in [1.807, 2.05) is 38.1 Å². The molecule has 0 radical (unpaired) electrons. The van der Waals surface area contributed by atoms with Gasteiger partial charge in [-0.15, -0.1) is 0 Å². The van der Waals surface area contributed by atoms with E-state index in [4.69, 9.17) is 11.6 Å². The van der Waals surface area contributed by atoms with Gasteiger partial charge >= 0.3 is 0 Å². The number of hydrogen-bond donors (Lipinski definition) is 2. The summed E-state index contributed by atoms with van der Waals surface area (Å²) in [4.78, 5) is 12.7. The highest BCUT2D eigenvalue weighted by Crippen LogP contribution is 2.24. The van der Waals surface area contributed by atoms with Gasteiger partial charge in [0.05, 0.1) is 21.6 Å². The van der Waals surface area contributed by atoms with E-state index in [9.17, 15) is 13.2 Å². The van der Waals surface area contributed by atoms with Gasteiger partial charge in [0, 0.05) is 5.56 Å². The third-order valence-electron chi connectivity index (χ3n) is 4.53. The van der Waals surface area contributed by atoms with Crippen LogP contribution in [0, 0.1) is 6.92 Å². The molecule has 0 aliphatic rings. The summed E-state index contributed by atoms with van der Waals surface area (Å²) >= 11 is 6.04. The highest BCUT2D eigenvalue weighted by Gasteiger charge is 2.19. The first-order valence-electron chi connectivity index (χ1n) is 9.02. The van der Waals surface area contributed by atoms with E-state index in [-0.39, 0.29) is 33.1 Å². The maximum absolute atomic E-state index is 12.7. The van der Waals surface area contributed by atoms with Crippen LogP contribution in [0.5, 0.6) is 0 Å². The molecule has 0 aliphatic carbocycles. The van der Waals surface area contributed by atoms with E-state index in [1.165, 1.54) is 18.2 Å². The van der Waals surface area contributed by atoms with E-state index in [1.54, 1.807) is 30.3 Å². The molecule has 0 aliphatic heterocycles. The molecular formula is C22H21ClN2O3S. The molecule has 0 spiro atoms. The van der Waals surface area contributed by atoms with Crippen LogP contribution in [0.1, 0.15) is 34.5 Å². The summed E-state index contributed by atoms with van der Waals surface area (Å²) in [6.07, 6.45) is 0. The maximum Gasteiger partial charge on any atom is 0.261 e. The Morgan fingerprint density at radius 2 is 1.66 bits per heavy atom. The number of carbonyl (C=O) groups is 1. The monoisotopic (exact) mass is 428 g/mol. The molecule has 29 heavy (non-hydrogen) atoms. The molecule has 0 saturated heterocycles. The molecule has 3 aromatic rings. The number of rotatable bonds is 6. The summed E-state index contributed by atoms with van der Waals surface area (Å²) in [5.74, 6) is -0.351. The second-order valence-electron chi connectivity index (χ2n) is 6.66. The summed E-state index contributed by atoms with van der Waals surface area (Å²) in [6.45, 7) is 3.87. The predicted octanol–water partition coefficient (Wildman–Crippen LogP) is 4.94. The minimum absolute atomic E-state index is 0.0198. The molecular weight excluding hydrogens is 408 g/mol. The summed E-state index contributed by atoms with van der Waals surface area (Å²) < 4.78 is 27.9. The van der Waals surface area contributed by atoms with Gasteiger partial charge in [0.2, 0.25) is 0 Å². The SMILES string of the molecule is Cc1ccccc1C(C)NC(=O)c1cccc(S(=O)(=O)Nc2ccccc2Cl)c1. The molecule has 0 saturated carbocycles. The van der Waals surface area contributed by atoms with Crippen LogP contribution >= 0.6 is 11.6 Å². The Labute approximate surface area is 175 Å². The third kappa shape index (κ3) is 4.96. The first kappa shape index (κ1) is 20.9. The molecule has 150 valence electrons.